The lowest BCUT2D eigenvalue weighted by Crippen LogP contribution is -2.53. The molecule has 1 aliphatic carbocycles. The first-order chi connectivity index (χ1) is 18.3. The molecule has 38 heavy (non-hydrogen) atoms. The number of aryl methyl sites for hydroxylation is 3. The maximum Gasteiger partial charge on any atom is 0.261 e. The van der Waals surface area contributed by atoms with Crippen molar-refractivity contribution in [1.82, 2.24) is 10.2 Å². The van der Waals surface area contributed by atoms with Crippen LogP contribution in [0, 0.1) is 20.8 Å². The lowest BCUT2D eigenvalue weighted by atomic mass is 10.0. The van der Waals surface area contributed by atoms with Gasteiger partial charge in [0.05, 0.1) is 0 Å². The number of ether oxygens (including phenoxy) is 1. The maximum absolute atomic E-state index is 13.8. The molecule has 1 saturated carbocycles. The third-order valence-electron chi connectivity index (χ3n) is 7.18. The molecule has 1 N–H and O–H groups in total. The van der Waals surface area contributed by atoms with Crippen LogP contribution in [0.25, 0.3) is 0 Å². The van der Waals surface area contributed by atoms with Crippen molar-refractivity contribution in [2.75, 3.05) is 6.61 Å². The van der Waals surface area contributed by atoms with Crippen molar-refractivity contribution in [3.8, 4) is 5.75 Å². The van der Waals surface area contributed by atoms with E-state index in [1.165, 1.54) is 0 Å². The number of amides is 2. The number of halogens is 1. The Labute approximate surface area is 234 Å². The van der Waals surface area contributed by atoms with E-state index in [9.17, 15) is 9.59 Å². The normalized spacial score (nSPS) is 14.2. The quantitative estimate of drug-likeness (QED) is 0.301. The molecule has 200 valence electrons. The number of hydrogen-bond acceptors (Lipinski definition) is 3. The Hall–Kier alpha value is -3.12. The van der Waals surface area contributed by atoms with Crippen molar-refractivity contribution in [3.05, 3.63) is 99.0 Å². The van der Waals surface area contributed by atoms with E-state index in [2.05, 4.69) is 27.3 Å². The molecule has 0 heterocycles. The topological polar surface area (TPSA) is 58.6 Å². The molecule has 0 saturated heterocycles. The summed E-state index contributed by atoms with van der Waals surface area (Å²) in [4.78, 5) is 29.3. The fourth-order valence-electron chi connectivity index (χ4n) is 5.15. The van der Waals surface area contributed by atoms with Crippen LogP contribution in [0.3, 0.4) is 0 Å². The molecule has 2 amide bonds. The van der Waals surface area contributed by atoms with Gasteiger partial charge in [0, 0.05) is 23.5 Å². The van der Waals surface area contributed by atoms with Gasteiger partial charge in [-0.25, -0.2) is 0 Å². The first-order valence-electron chi connectivity index (χ1n) is 13.4. The smallest absolute Gasteiger partial charge is 0.261 e. The highest BCUT2D eigenvalue weighted by Crippen LogP contribution is 2.27. The lowest BCUT2D eigenvalue weighted by molar-refractivity contribution is -0.143. The molecule has 0 spiro atoms. The molecule has 1 aliphatic rings. The van der Waals surface area contributed by atoms with Gasteiger partial charge in [0.2, 0.25) is 5.91 Å². The highest BCUT2D eigenvalue weighted by atomic mass is 79.9. The van der Waals surface area contributed by atoms with E-state index >= 15 is 0 Å². The fraction of sp³-hybridized carbons (Fsp3) is 0.375. The van der Waals surface area contributed by atoms with Crippen LogP contribution in [-0.2, 0) is 22.6 Å². The van der Waals surface area contributed by atoms with Crippen molar-refractivity contribution in [2.45, 2.75) is 71.5 Å². The number of hydrogen-bond donors (Lipinski definition) is 1. The van der Waals surface area contributed by atoms with Gasteiger partial charge in [-0.05, 0) is 68.0 Å². The molecule has 1 fully saturated rings. The second-order valence-corrected chi connectivity index (χ2v) is 11.2. The predicted molar refractivity (Wildman–Crippen MR) is 155 cm³/mol. The van der Waals surface area contributed by atoms with Crippen LogP contribution in [0.15, 0.2) is 71.2 Å². The minimum Gasteiger partial charge on any atom is -0.484 e. The number of benzene rings is 3. The number of carbonyl (C=O) groups is 2. The minimum atomic E-state index is -0.650. The standard InChI is InChI=1S/C32H37BrN2O3/c1-22-10-9-13-26(16-22)20-35(30(36)21-38-28-17-23(2)31(33)24(3)18-28)29(19-25-11-5-4-6-12-25)32(37)34-27-14-7-8-15-27/h4-6,9-13,16-18,27,29H,7-8,14-15,19-21H2,1-3H3,(H,34,37)/t29-/m0/s1. The second kappa shape index (κ2) is 13.1. The third-order valence-corrected chi connectivity index (χ3v) is 8.43. The molecule has 6 heteroatoms. The average molecular weight is 578 g/mol. The highest BCUT2D eigenvalue weighted by molar-refractivity contribution is 9.10. The zero-order valence-corrected chi connectivity index (χ0v) is 24.1. The summed E-state index contributed by atoms with van der Waals surface area (Å²) >= 11 is 3.59. The minimum absolute atomic E-state index is 0.0999. The van der Waals surface area contributed by atoms with E-state index in [-0.39, 0.29) is 24.5 Å². The SMILES string of the molecule is Cc1cccc(CN(C(=O)COc2cc(C)c(Br)c(C)c2)[C@@H](Cc2ccccc2)C(=O)NC2CCCC2)c1. The zero-order chi connectivity index (χ0) is 27.1. The number of nitrogens with one attached hydrogen (secondary N) is 1. The fourth-order valence-corrected chi connectivity index (χ4v) is 5.38. The van der Waals surface area contributed by atoms with Gasteiger partial charge in [0.1, 0.15) is 11.8 Å². The van der Waals surface area contributed by atoms with Crippen LogP contribution in [0.2, 0.25) is 0 Å². The maximum atomic E-state index is 13.8. The van der Waals surface area contributed by atoms with Crippen LogP contribution in [-0.4, -0.2) is 35.4 Å². The van der Waals surface area contributed by atoms with Crippen molar-refractivity contribution in [1.29, 1.82) is 0 Å². The summed E-state index contributed by atoms with van der Waals surface area (Å²) in [7, 11) is 0. The van der Waals surface area contributed by atoms with Crippen LogP contribution in [0.1, 0.15) is 53.5 Å². The highest BCUT2D eigenvalue weighted by Gasteiger charge is 2.32. The van der Waals surface area contributed by atoms with Crippen LogP contribution < -0.4 is 10.1 Å². The van der Waals surface area contributed by atoms with E-state index in [1.54, 1.807) is 4.90 Å². The number of carbonyl (C=O) groups excluding carboxylic acids is 2. The van der Waals surface area contributed by atoms with Gasteiger partial charge in [-0.2, -0.15) is 0 Å². The Morgan fingerprint density at radius 1 is 0.947 bits per heavy atom. The van der Waals surface area contributed by atoms with Gasteiger partial charge in [-0.3, -0.25) is 9.59 Å². The summed E-state index contributed by atoms with van der Waals surface area (Å²) in [6.45, 7) is 6.22. The van der Waals surface area contributed by atoms with E-state index in [4.69, 9.17) is 4.74 Å². The molecule has 5 nitrogen and oxygen atoms in total. The van der Waals surface area contributed by atoms with E-state index in [0.29, 0.717) is 18.7 Å². The lowest BCUT2D eigenvalue weighted by Gasteiger charge is -2.32. The van der Waals surface area contributed by atoms with Gasteiger partial charge in [0.15, 0.2) is 6.61 Å². The predicted octanol–water partition coefficient (Wildman–Crippen LogP) is 6.45. The van der Waals surface area contributed by atoms with Gasteiger partial charge in [-0.15, -0.1) is 0 Å². The first-order valence-corrected chi connectivity index (χ1v) is 14.2. The van der Waals surface area contributed by atoms with E-state index in [1.807, 2.05) is 81.4 Å². The Bertz CT molecular complexity index is 1230. The van der Waals surface area contributed by atoms with Crippen LogP contribution in [0.4, 0.5) is 0 Å². The van der Waals surface area contributed by atoms with E-state index in [0.717, 1.165) is 58.0 Å². The number of nitrogens with zero attached hydrogens (tertiary/aromatic N) is 1. The van der Waals surface area contributed by atoms with Crippen molar-refractivity contribution >= 4 is 27.7 Å². The largest absolute Gasteiger partial charge is 0.484 e. The molecule has 3 aromatic carbocycles. The summed E-state index contributed by atoms with van der Waals surface area (Å²) < 4.78 is 7.03. The Balaban J connectivity index is 1.62. The van der Waals surface area contributed by atoms with Gasteiger partial charge in [0.25, 0.3) is 5.91 Å². The zero-order valence-electron chi connectivity index (χ0n) is 22.5. The van der Waals surface area contributed by atoms with Gasteiger partial charge >= 0.3 is 0 Å². The van der Waals surface area contributed by atoms with Crippen molar-refractivity contribution < 1.29 is 14.3 Å². The second-order valence-electron chi connectivity index (χ2n) is 10.4. The molecular formula is C32H37BrN2O3. The molecule has 0 aromatic heterocycles. The van der Waals surface area contributed by atoms with Crippen LogP contribution >= 0.6 is 15.9 Å². The average Bonchev–Trinajstić information content (AvgIpc) is 3.41. The van der Waals surface area contributed by atoms with E-state index < -0.39 is 6.04 Å². The molecule has 0 radical (unpaired) electrons. The Kier molecular flexibility index (Phi) is 9.62. The van der Waals surface area contributed by atoms with Gasteiger partial charge < -0.3 is 15.0 Å². The molecule has 1 atom stereocenters. The first kappa shape index (κ1) is 27.9. The molecule has 3 aromatic rings. The Morgan fingerprint density at radius 2 is 1.61 bits per heavy atom. The number of rotatable bonds is 10. The summed E-state index contributed by atoms with van der Waals surface area (Å²) in [5.74, 6) is 0.325. The van der Waals surface area contributed by atoms with Crippen molar-refractivity contribution in [2.24, 2.45) is 0 Å². The Morgan fingerprint density at radius 3 is 2.26 bits per heavy atom. The van der Waals surface area contributed by atoms with Crippen molar-refractivity contribution in [3.63, 3.8) is 0 Å². The third kappa shape index (κ3) is 7.47. The summed E-state index contributed by atoms with van der Waals surface area (Å²) in [5, 5.41) is 3.25. The molecular weight excluding hydrogens is 540 g/mol. The molecule has 0 unspecified atom stereocenters. The van der Waals surface area contributed by atoms with Gasteiger partial charge in [-0.1, -0.05) is 88.9 Å². The monoisotopic (exact) mass is 576 g/mol. The summed E-state index contributed by atoms with van der Waals surface area (Å²) in [6, 6.07) is 21.4. The summed E-state index contributed by atoms with van der Waals surface area (Å²) in [6.07, 6.45) is 4.66. The molecule has 4 rings (SSSR count). The summed E-state index contributed by atoms with van der Waals surface area (Å²) in [5.41, 5.74) is 5.20. The molecule has 0 aliphatic heterocycles. The van der Waals surface area contributed by atoms with Crippen LogP contribution in [0.5, 0.6) is 5.75 Å². The molecule has 0 bridgehead atoms.